The molecule has 22 heavy (non-hydrogen) atoms. The van der Waals surface area contributed by atoms with Crippen molar-refractivity contribution in [2.45, 2.75) is 6.36 Å². The number of carbonyl (C=O) groups is 1. The number of hydrogen-bond donors (Lipinski definition) is 2. The van der Waals surface area contributed by atoms with E-state index in [1.807, 2.05) is 0 Å². The Labute approximate surface area is 125 Å². The number of nitrogens with one attached hydrogen (secondary N) is 1. The van der Waals surface area contributed by atoms with Gasteiger partial charge in [0.15, 0.2) is 5.06 Å². The van der Waals surface area contributed by atoms with Crippen LogP contribution in [0.3, 0.4) is 0 Å². The van der Waals surface area contributed by atoms with Crippen LogP contribution in [0, 0.1) is 0 Å². The zero-order valence-corrected chi connectivity index (χ0v) is 11.6. The van der Waals surface area contributed by atoms with Gasteiger partial charge in [0.1, 0.15) is 5.69 Å². The first-order valence-electron chi connectivity index (χ1n) is 5.96. The molecule has 0 saturated carbocycles. The monoisotopic (exact) mass is 327 g/mol. The van der Waals surface area contributed by atoms with E-state index in [1.165, 1.54) is 23.8 Å². The van der Waals surface area contributed by atoms with Gasteiger partial charge in [-0.3, -0.25) is 9.78 Å². The van der Waals surface area contributed by atoms with Crippen LogP contribution in [-0.2, 0) is 0 Å². The molecule has 3 aromatic heterocycles. The number of rotatable bonds is 3. The number of H-pyrrole nitrogens is 1. The molecule has 0 aromatic carbocycles. The largest absolute Gasteiger partial charge is 0.573 e. The number of carbonyl (C=O) groups excluding carboxylic acids is 1. The van der Waals surface area contributed by atoms with Crippen LogP contribution < -0.4 is 10.5 Å². The van der Waals surface area contributed by atoms with Gasteiger partial charge in [0, 0.05) is 22.7 Å². The van der Waals surface area contributed by atoms with E-state index in [2.05, 4.69) is 14.7 Å². The molecule has 0 atom stereocenters. The molecule has 3 heterocycles. The summed E-state index contributed by atoms with van der Waals surface area (Å²) < 4.78 is 41.5. The number of nitrogens with zero attached hydrogens (tertiary/aromatic N) is 1. The lowest BCUT2D eigenvalue weighted by molar-refractivity contribution is -0.273. The summed E-state index contributed by atoms with van der Waals surface area (Å²) in [6, 6.07) is 3.03. The fourth-order valence-electron chi connectivity index (χ4n) is 2.17. The summed E-state index contributed by atoms with van der Waals surface area (Å²) in [7, 11) is 0. The third-order valence-corrected chi connectivity index (χ3v) is 3.74. The zero-order valence-electron chi connectivity index (χ0n) is 10.8. The summed E-state index contributed by atoms with van der Waals surface area (Å²) in [5.41, 5.74) is 6.23. The van der Waals surface area contributed by atoms with Crippen molar-refractivity contribution >= 4 is 28.1 Å². The smallest absolute Gasteiger partial charge is 0.395 e. The average Bonchev–Trinajstić information content (AvgIpc) is 3.00. The molecular formula is C13H8F3N3O2S. The van der Waals surface area contributed by atoms with E-state index < -0.39 is 12.3 Å². The number of hydrogen-bond acceptors (Lipinski definition) is 4. The van der Waals surface area contributed by atoms with Gasteiger partial charge in [0.2, 0.25) is 0 Å². The molecule has 9 heteroatoms. The van der Waals surface area contributed by atoms with Crippen LogP contribution in [0.15, 0.2) is 29.9 Å². The molecule has 0 aliphatic heterocycles. The van der Waals surface area contributed by atoms with Crippen LogP contribution in [0.5, 0.6) is 5.06 Å². The predicted octanol–water partition coefficient (Wildman–Crippen LogP) is 3.29. The van der Waals surface area contributed by atoms with Gasteiger partial charge in [-0.25, -0.2) is 0 Å². The molecule has 0 aliphatic rings. The van der Waals surface area contributed by atoms with Gasteiger partial charge in [-0.05, 0) is 17.5 Å². The second kappa shape index (κ2) is 5.02. The van der Waals surface area contributed by atoms with Gasteiger partial charge in [-0.1, -0.05) is 0 Å². The molecule has 1 amide bonds. The van der Waals surface area contributed by atoms with Gasteiger partial charge in [0.05, 0.1) is 11.7 Å². The molecule has 3 aromatic rings. The Bertz CT molecular complexity index is 854. The van der Waals surface area contributed by atoms with Crippen molar-refractivity contribution in [3.05, 3.63) is 35.6 Å². The predicted molar refractivity (Wildman–Crippen MR) is 74.6 cm³/mol. The number of pyridine rings is 1. The summed E-state index contributed by atoms with van der Waals surface area (Å²) in [5, 5.41) is 1.63. The number of alkyl halides is 3. The van der Waals surface area contributed by atoms with Crippen LogP contribution in [-0.4, -0.2) is 22.2 Å². The minimum Gasteiger partial charge on any atom is -0.395 e. The number of aromatic nitrogens is 2. The van der Waals surface area contributed by atoms with Gasteiger partial charge in [-0.15, -0.1) is 24.5 Å². The van der Waals surface area contributed by atoms with E-state index in [-0.39, 0.29) is 21.9 Å². The number of halogens is 3. The van der Waals surface area contributed by atoms with Gasteiger partial charge in [-0.2, -0.15) is 0 Å². The molecule has 0 bridgehead atoms. The lowest BCUT2D eigenvalue weighted by atomic mass is 10.1. The van der Waals surface area contributed by atoms with Crippen molar-refractivity contribution in [1.29, 1.82) is 0 Å². The fraction of sp³-hybridized carbons (Fsp3) is 0.0769. The van der Waals surface area contributed by atoms with Crippen LogP contribution in [0.25, 0.3) is 22.0 Å². The summed E-state index contributed by atoms with van der Waals surface area (Å²) in [6.45, 7) is 0. The number of aromatic amines is 1. The third kappa shape index (κ3) is 2.50. The number of fused-ring (bicyclic) bond motifs is 1. The van der Waals surface area contributed by atoms with Crippen LogP contribution >= 0.6 is 11.3 Å². The quantitative estimate of drug-likeness (QED) is 0.774. The van der Waals surface area contributed by atoms with Gasteiger partial charge < -0.3 is 15.5 Å². The van der Waals surface area contributed by atoms with E-state index in [1.54, 1.807) is 6.07 Å². The maximum Gasteiger partial charge on any atom is 0.573 e. The van der Waals surface area contributed by atoms with E-state index in [4.69, 9.17) is 5.73 Å². The number of ether oxygens (including phenoxy) is 1. The SMILES string of the molecule is NC(=O)c1[nH]c2cnccc2c1-c1ccsc1OC(F)(F)F. The topological polar surface area (TPSA) is 81.0 Å². The molecule has 3 N–H and O–H groups in total. The Morgan fingerprint density at radius 1 is 1.36 bits per heavy atom. The highest BCUT2D eigenvalue weighted by molar-refractivity contribution is 7.12. The van der Waals surface area contributed by atoms with Crippen molar-refractivity contribution in [2.75, 3.05) is 0 Å². The number of nitrogens with two attached hydrogens (primary N) is 1. The van der Waals surface area contributed by atoms with Crippen molar-refractivity contribution in [3.8, 4) is 16.2 Å². The number of primary amides is 1. The minimum atomic E-state index is -4.82. The molecule has 114 valence electrons. The molecule has 0 saturated heterocycles. The molecule has 0 aliphatic carbocycles. The van der Waals surface area contributed by atoms with Gasteiger partial charge >= 0.3 is 6.36 Å². The first kappa shape index (κ1) is 14.4. The van der Waals surface area contributed by atoms with Crippen molar-refractivity contribution in [3.63, 3.8) is 0 Å². The Balaban J connectivity index is 2.24. The van der Waals surface area contributed by atoms with Crippen LogP contribution in [0.2, 0.25) is 0 Å². The second-order valence-corrected chi connectivity index (χ2v) is 5.21. The molecule has 3 rings (SSSR count). The standard InChI is InChI=1S/C13H8F3N3O2S/c14-13(15,16)21-12-7(2-4-22-12)9-6-1-3-18-5-8(6)19-10(9)11(17)20/h1-5,19H,(H2,17,20). The van der Waals surface area contributed by atoms with E-state index in [0.29, 0.717) is 10.9 Å². The Hall–Kier alpha value is -2.55. The Kier molecular flexibility index (Phi) is 3.28. The van der Waals surface area contributed by atoms with Crippen molar-refractivity contribution in [1.82, 2.24) is 9.97 Å². The highest BCUT2D eigenvalue weighted by atomic mass is 32.1. The average molecular weight is 327 g/mol. The first-order chi connectivity index (χ1) is 10.4. The highest BCUT2D eigenvalue weighted by Crippen LogP contribution is 2.42. The van der Waals surface area contributed by atoms with Crippen molar-refractivity contribution in [2.24, 2.45) is 5.73 Å². The number of amides is 1. The maximum absolute atomic E-state index is 12.5. The molecule has 0 unspecified atom stereocenters. The molecule has 0 radical (unpaired) electrons. The zero-order chi connectivity index (χ0) is 15.9. The van der Waals surface area contributed by atoms with Gasteiger partial charge in [0.25, 0.3) is 5.91 Å². The van der Waals surface area contributed by atoms with Crippen LogP contribution in [0.4, 0.5) is 13.2 Å². The molecule has 5 nitrogen and oxygen atoms in total. The maximum atomic E-state index is 12.5. The lowest BCUT2D eigenvalue weighted by Crippen LogP contribution is -2.17. The van der Waals surface area contributed by atoms with E-state index in [9.17, 15) is 18.0 Å². The fourth-order valence-corrected chi connectivity index (χ4v) is 2.94. The Morgan fingerprint density at radius 2 is 2.14 bits per heavy atom. The normalized spacial score (nSPS) is 11.8. The number of thiophene rings is 1. The molecule has 0 spiro atoms. The molecular weight excluding hydrogens is 319 g/mol. The second-order valence-electron chi connectivity index (χ2n) is 4.33. The minimum absolute atomic E-state index is 0.00780. The third-order valence-electron chi connectivity index (χ3n) is 2.95. The van der Waals surface area contributed by atoms with Crippen LogP contribution in [0.1, 0.15) is 10.5 Å². The lowest BCUT2D eigenvalue weighted by Gasteiger charge is -2.09. The van der Waals surface area contributed by atoms with Crippen molar-refractivity contribution < 1.29 is 22.7 Å². The summed E-state index contributed by atoms with van der Waals surface area (Å²) in [5.74, 6) is -0.782. The first-order valence-corrected chi connectivity index (χ1v) is 6.84. The Morgan fingerprint density at radius 3 is 2.82 bits per heavy atom. The summed E-state index contributed by atoms with van der Waals surface area (Å²) >= 11 is 0.780. The summed E-state index contributed by atoms with van der Waals surface area (Å²) in [4.78, 5) is 18.3. The van der Waals surface area contributed by atoms with E-state index >= 15 is 0 Å². The highest BCUT2D eigenvalue weighted by Gasteiger charge is 2.33. The summed E-state index contributed by atoms with van der Waals surface area (Å²) in [6.07, 6.45) is -1.89. The van der Waals surface area contributed by atoms with E-state index in [0.717, 1.165) is 11.3 Å². The molecule has 0 fully saturated rings.